The first kappa shape index (κ1) is 24.9. The SMILES string of the molecule is CCOc1cc(CNCCNC(=O)c2nonc2N)cc(Cl)c1OCc1ccc(Cl)c(Cl)c1. The van der Waals surface area contributed by atoms with Gasteiger partial charge in [0, 0.05) is 19.6 Å². The van der Waals surface area contributed by atoms with E-state index in [0.717, 1.165) is 11.1 Å². The highest BCUT2D eigenvalue weighted by atomic mass is 35.5. The number of nitrogen functional groups attached to an aromatic ring is 1. The number of aromatic nitrogens is 2. The Morgan fingerprint density at radius 2 is 1.82 bits per heavy atom. The lowest BCUT2D eigenvalue weighted by molar-refractivity contribution is 0.0944. The number of nitrogens with one attached hydrogen (secondary N) is 2. The van der Waals surface area contributed by atoms with Crippen LogP contribution in [0.3, 0.4) is 0 Å². The highest BCUT2D eigenvalue weighted by Gasteiger charge is 2.16. The molecule has 1 aromatic heterocycles. The Hall–Kier alpha value is -2.72. The Bertz CT molecular complexity index is 1110. The number of nitrogens with zero attached hydrogens (tertiary/aromatic N) is 2. The van der Waals surface area contributed by atoms with Crippen LogP contribution in [0.4, 0.5) is 5.82 Å². The van der Waals surface area contributed by atoms with E-state index in [9.17, 15) is 4.79 Å². The van der Waals surface area contributed by atoms with Crippen molar-refractivity contribution in [1.82, 2.24) is 20.9 Å². The van der Waals surface area contributed by atoms with Crippen LogP contribution in [0.25, 0.3) is 0 Å². The molecule has 12 heteroatoms. The third kappa shape index (κ3) is 6.88. The molecule has 0 atom stereocenters. The Balaban J connectivity index is 1.55. The van der Waals surface area contributed by atoms with Gasteiger partial charge in [0.05, 0.1) is 21.7 Å². The largest absolute Gasteiger partial charge is 0.490 e. The molecule has 3 aromatic rings. The fourth-order valence-electron chi connectivity index (χ4n) is 2.85. The molecular weight excluding hydrogens is 493 g/mol. The van der Waals surface area contributed by atoms with Crippen LogP contribution in [0.5, 0.6) is 11.5 Å². The molecule has 0 aliphatic carbocycles. The summed E-state index contributed by atoms with van der Waals surface area (Å²) in [6.45, 7) is 3.91. The second-order valence-corrected chi connectivity index (χ2v) is 8.03. The molecule has 0 aliphatic heterocycles. The molecule has 0 radical (unpaired) electrons. The molecule has 0 bridgehead atoms. The molecule has 1 amide bonds. The van der Waals surface area contributed by atoms with Gasteiger partial charge in [-0.15, -0.1) is 0 Å². The summed E-state index contributed by atoms with van der Waals surface area (Å²) in [5.74, 6) is 0.462. The zero-order valence-electron chi connectivity index (χ0n) is 17.7. The fraction of sp³-hybridized carbons (Fsp3) is 0.286. The van der Waals surface area contributed by atoms with Gasteiger partial charge in [0.2, 0.25) is 11.5 Å². The predicted octanol–water partition coefficient (Wildman–Crippen LogP) is 4.11. The van der Waals surface area contributed by atoms with Gasteiger partial charge in [-0.05, 0) is 52.6 Å². The summed E-state index contributed by atoms with van der Waals surface area (Å²) in [7, 11) is 0. The summed E-state index contributed by atoms with van der Waals surface area (Å²) in [6.07, 6.45) is 0. The zero-order valence-corrected chi connectivity index (χ0v) is 19.9. The molecule has 0 saturated carbocycles. The smallest absolute Gasteiger partial charge is 0.277 e. The molecule has 1 heterocycles. The number of carbonyl (C=O) groups is 1. The highest BCUT2D eigenvalue weighted by Crippen LogP contribution is 2.37. The van der Waals surface area contributed by atoms with E-state index < -0.39 is 5.91 Å². The summed E-state index contributed by atoms with van der Waals surface area (Å²) in [5, 5.41) is 14.1. The van der Waals surface area contributed by atoms with Gasteiger partial charge in [0.15, 0.2) is 11.5 Å². The maximum atomic E-state index is 11.9. The van der Waals surface area contributed by atoms with E-state index in [1.165, 1.54) is 0 Å². The molecule has 176 valence electrons. The Kier molecular flexibility index (Phi) is 9.02. The molecule has 0 saturated heterocycles. The Morgan fingerprint density at radius 1 is 1.03 bits per heavy atom. The Labute approximate surface area is 205 Å². The van der Waals surface area contributed by atoms with Crippen LogP contribution in [0.15, 0.2) is 35.0 Å². The first-order valence-corrected chi connectivity index (χ1v) is 11.1. The lowest BCUT2D eigenvalue weighted by Gasteiger charge is -2.16. The highest BCUT2D eigenvalue weighted by molar-refractivity contribution is 6.42. The van der Waals surface area contributed by atoms with Gasteiger partial charge in [0.1, 0.15) is 6.61 Å². The van der Waals surface area contributed by atoms with Gasteiger partial charge in [-0.25, -0.2) is 4.63 Å². The van der Waals surface area contributed by atoms with Crippen LogP contribution < -0.4 is 25.8 Å². The van der Waals surface area contributed by atoms with Crippen LogP contribution in [-0.2, 0) is 13.2 Å². The van der Waals surface area contributed by atoms with Crippen molar-refractivity contribution in [3.05, 3.63) is 62.2 Å². The third-order valence-electron chi connectivity index (χ3n) is 4.38. The molecule has 0 spiro atoms. The van der Waals surface area contributed by atoms with Crippen molar-refractivity contribution < 1.29 is 18.9 Å². The van der Waals surface area contributed by atoms with E-state index in [-0.39, 0.29) is 18.1 Å². The van der Waals surface area contributed by atoms with Gasteiger partial charge in [-0.1, -0.05) is 40.9 Å². The molecular formula is C21H22Cl3N5O4. The maximum Gasteiger partial charge on any atom is 0.277 e. The van der Waals surface area contributed by atoms with E-state index in [0.29, 0.717) is 52.8 Å². The number of rotatable bonds is 11. The van der Waals surface area contributed by atoms with Gasteiger partial charge < -0.3 is 25.8 Å². The molecule has 9 nitrogen and oxygen atoms in total. The standard InChI is InChI=1S/C21H22Cl3N5O4/c1-2-31-17-9-13(10-26-5-6-27-21(30)18-20(25)29-33-28-18)8-16(24)19(17)32-11-12-3-4-14(22)15(23)7-12/h3-4,7-9,26H,2,5-6,10-11H2,1H3,(H2,25,29)(H,27,30). The summed E-state index contributed by atoms with van der Waals surface area (Å²) >= 11 is 18.5. The van der Waals surface area contributed by atoms with Crippen molar-refractivity contribution in [2.45, 2.75) is 20.1 Å². The lowest BCUT2D eigenvalue weighted by Crippen LogP contribution is -2.32. The average Bonchev–Trinajstić information content (AvgIpc) is 3.21. The van der Waals surface area contributed by atoms with E-state index in [4.69, 9.17) is 50.0 Å². The van der Waals surface area contributed by atoms with E-state index >= 15 is 0 Å². The van der Waals surface area contributed by atoms with Gasteiger partial charge >= 0.3 is 0 Å². The summed E-state index contributed by atoms with van der Waals surface area (Å²) in [6, 6.07) is 8.92. The molecule has 0 unspecified atom stereocenters. The van der Waals surface area contributed by atoms with Crippen molar-refractivity contribution in [3.63, 3.8) is 0 Å². The topological polar surface area (TPSA) is 125 Å². The number of amides is 1. The number of hydrogen-bond donors (Lipinski definition) is 3. The number of hydrogen-bond acceptors (Lipinski definition) is 8. The molecule has 33 heavy (non-hydrogen) atoms. The number of carbonyl (C=O) groups excluding carboxylic acids is 1. The van der Waals surface area contributed by atoms with Crippen molar-refractivity contribution in [2.24, 2.45) is 0 Å². The van der Waals surface area contributed by atoms with Crippen LogP contribution in [0, 0.1) is 0 Å². The number of ether oxygens (including phenoxy) is 2. The quantitative estimate of drug-likeness (QED) is 0.327. The monoisotopic (exact) mass is 513 g/mol. The minimum absolute atomic E-state index is 0.0420. The second kappa shape index (κ2) is 11.9. The first-order valence-electron chi connectivity index (χ1n) is 9.98. The molecule has 0 aliphatic rings. The minimum Gasteiger partial charge on any atom is -0.490 e. The van der Waals surface area contributed by atoms with Crippen LogP contribution in [-0.4, -0.2) is 35.9 Å². The first-order chi connectivity index (χ1) is 15.9. The number of benzene rings is 2. The lowest BCUT2D eigenvalue weighted by atomic mass is 10.2. The van der Waals surface area contributed by atoms with E-state index in [1.807, 2.05) is 19.1 Å². The minimum atomic E-state index is -0.458. The molecule has 0 fully saturated rings. The number of halogens is 3. The van der Waals surface area contributed by atoms with Gasteiger partial charge in [0.25, 0.3) is 5.91 Å². The van der Waals surface area contributed by atoms with Gasteiger partial charge in [-0.3, -0.25) is 4.79 Å². The molecule has 3 rings (SSSR count). The predicted molar refractivity (Wildman–Crippen MR) is 126 cm³/mol. The second-order valence-electron chi connectivity index (χ2n) is 6.81. The number of nitrogens with two attached hydrogens (primary N) is 1. The van der Waals surface area contributed by atoms with Crippen molar-refractivity contribution >= 4 is 46.5 Å². The van der Waals surface area contributed by atoms with Crippen molar-refractivity contribution in [1.29, 1.82) is 0 Å². The van der Waals surface area contributed by atoms with Gasteiger partial charge in [-0.2, -0.15) is 0 Å². The van der Waals surface area contributed by atoms with Crippen LogP contribution >= 0.6 is 34.8 Å². The summed E-state index contributed by atoms with van der Waals surface area (Å²) in [5.41, 5.74) is 7.18. The normalized spacial score (nSPS) is 10.8. The summed E-state index contributed by atoms with van der Waals surface area (Å²) in [4.78, 5) is 11.9. The van der Waals surface area contributed by atoms with E-state index in [2.05, 4.69) is 25.6 Å². The maximum absolute atomic E-state index is 11.9. The summed E-state index contributed by atoms with van der Waals surface area (Å²) < 4.78 is 16.1. The number of anilines is 1. The van der Waals surface area contributed by atoms with Crippen LogP contribution in [0.2, 0.25) is 15.1 Å². The Morgan fingerprint density at radius 3 is 2.52 bits per heavy atom. The molecule has 2 aromatic carbocycles. The van der Waals surface area contributed by atoms with Crippen LogP contribution in [0.1, 0.15) is 28.5 Å². The van der Waals surface area contributed by atoms with Crippen molar-refractivity contribution in [2.75, 3.05) is 25.4 Å². The zero-order chi connectivity index (χ0) is 23.8. The fourth-order valence-corrected chi connectivity index (χ4v) is 3.45. The van der Waals surface area contributed by atoms with E-state index in [1.54, 1.807) is 18.2 Å². The average molecular weight is 515 g/mol. The molecule has 4 N–H and O–H groups in total. The van der Waals surface area contributed by atoms with Crippen molar-refractivity contribution in [3.8, 4) is 11.5 Å². The third-order valence-corrected chi connectivity index (χ3v) is 5.40.